The maximum atomic E-state index is 13.4. The number of ether oxygens (including phenoxy) is 2. The van der Waals surface area contributed by atoms with E-state index >= 15 is 0 Å². The first kappa shape index (κ1) is 19.6. The van der Waals surface area contributed by atoms with Gasteiger partial charge in [-0.15, -0.1) is 0 Å². The predicted molar refractivity (Wildman–Crippen MR) is 120 cm³/mol. The monoisotopic (exact) mass is 432 g/mol. The van der Waals surface area contributed by atoms with Gasteiger partial charge in [0.25, 0.3) is 6.23 Å². The Bertz CT molecular complexity index is 1170. The maximum Gasteiger partial charge on any atom is 0.251 e. The van der Waals surface area contributed by atoms with E-state index in [1.54, 1.807) is 18.2 Å². The Morgan fingerprint density at radius 2 is 1.84 bits per heavy atom. The van der Waals surface area contributed by atoms with Crippen molar-refractivity contribution in [3.8, 4) is 11.5 Å². The first-order valence-electron chi connectivity index (χ1n) is 10.1. The second-order valence-corrected chi connectivity index (χ2v) is 8.19. The molecule has 0 amide bonds. The van der Waals surface area contributed by atoms with Crippen LogP contribution in [0.1, 0.15) is 39.5 Å². The van der Waals surface area contributed by atoms with Crippen LogP contribution in [-0.4, -0.2) is 29.8 Å². The molecule has 0 spiro atoms. The summed E-state index contributed by atoms with van der Waals surface area (Å²) in [7, 11) is 1.64. The minimum atomic E-state index is -0.836. The van der Waals surface area contributed by atoms with Crippen LogP contribution in [0.25, 0.3) is 0 Å². The van der Waals surface area contributed by atoms with E-state index in [0.29, 0.717) is 22.8 Å². The molecule has 0 fully saturated rings. The third-order valence-electron chi connectivity index (χ3n) is 5.74. The number of nitrogens with zero attached hydrogens (tertiary/aromatic N) is 2. The normalized spacial score (nSPS) is 19.2. The van der Waals surface area contributed by atoms with E-state index in [4.69, 9.17) is 26.2 Å². The van der Waals surface area contributed by atoms with Crippen molar-refractivity contribution in [3.63, 3.8) is 0 Å². The van der Waals surface area contributed by atoms with Crippen molar-refractivity contribution in [2.24, 2.45) is 5.10 Å². The fraction of sp³-hybridized carbons (Fsp3) is 0.200. The van der Waals surface area contributed by atoms with Gasteiger partial charge in [-0.3, -0.25) is 4.79 Å². The fourth-order valence-electron chi connectivity index (χ4n) is 4.05. The molecule has 6 heteroatoms. The standard InChI is InChI=1S/C25H21ClN2O3/c1-15-3-5-17(6-4-15)24(29)25-28-22(20-13-18(26)9-12-23(20)31-25)14-21(27-28)16-7-10-19(30-2)11-8-16/h3-13,22,25H,14H2,1-2H3/t22-,25-/m0/s1. The fourth-order valence-corrected chi connectivity index (χ4v) is 4.23. The highest BCUT2D eigenvalue weighted by Gasteiger charge is 2.43. The van der Waals surface area contributed by atoms with Gasteiger partial charge in [-0.05, 0) is 55.0 Å². The number of hydrogen-bond donors (Lipinski definition) is 0. The number of rotatable bonds is 4. The lowest BCUT2D eigenvalue weighted by Crippen LogP contribution is -2.45. The largest absolute Gasteiger partial charge is 0.497 e. The number of carbonyl (C=O) groups is 1. The predicted octanol–water partition coefficient (Wildman–Crippen LogP) is 5.41. The Morgan fingerprint density at radius 1 is 1.10 bits per heavy atom. The number of halogens is 1. The van der Waals surface area contributed by atoms with Gasteiger partial charge in [0.1, 0.15) is 11.5 Å². The summed E-state index contributed by atoms with van der Waals surface area (Å²) in [5, 5.41) is 7.24. The molecular formula is C25H21ClN2O3. The number of benzene rings is 3. The zero-order chi connectivity index (χ0) is 21.5. The molecule has 3 aromatic rings. The van der Waals surface area contributed by atoms with Crippen molar-refractivity contribution in [2.75, 3.05) is 7.11 Å². The van der Waals surface area contributed by atoms with Crippen molar-refractivity contribution >= 4 is 23.1 Å². The van der Waals surface area contributed by atoms with Gasteiger partial charge in [-0.1, -0.05) is 41.4 Å². The third-order valence-corrected chi connectivity index (χ3v) is 5.97. The van der Waals surface area contributed by atoms with E-state index in [1.165, 1.54) is 0 Å². The van der Waals surface area contributed by atoms with Gasteiger partial charge in [0, 0.05) is 22.6 Å². The second kappa shape index (κ2) is 7.75. The Kier molecular flexibility index (Phi) is 4.91. The van der Waals surface area contributed by atoms with Gasteiger partial charge in [0.2, 0.25) is 5.78 Å². The van der Waals surface area contributed by atoms with E-state index in [9.17, 15) is 4.79 Å². The van der Waals surface area contributed by atoms with Gasteiger partial charge in [-0.25, -0.2) is 5.01 Å². The molecular weight excluding hydrogens is 412 g/mol. The van der Waals surface area contributed by atoms with Crippen molar-refractivity contribution < 1.29 is 14.3 Å². The van der Waals surface area contributed by atoms with E-state index in [0.717, 1.165) is 28.2 Å². The number of ketones is 1. The maximum absolute atomic E-state index is 13.4. The highest BCUT2D eigenvalue weighted by molar-refractivity contribution is 6.30. The highest BCUT2D eigenvalue weighted by Crippen LogP contribution is 2.44. The summed E-state index contributed by atoms with van der Waals surface area (Å²) in [5.74, 6) is 1.33. The SMILES string of the molecule is COc1ccc(C2=NN3[C@H](C(=O)c4ccc(C)cc4)Oc4ccc(Cl)cc4[C@@H]3C2)cc1. The van der Waals surface area contributed by atoms with Crippen molar-refractivity contribution in [2.45, 2.75) is 25.6 Å². The van der Waals surface area contributed by atoms with E-state index < -0.39 is 6.23 Å². The van der Waals surface area contributed by atoms with E-state index in [1.807, 2.05) is 67.6 Å². The summed E-state index contributed by atoms with van der Waals surface area (Å²) in [5.41, 5.74) is 4.51. The Morgan fingerprint density at radius 3 is 2.55 bits per heavy atom. The topological polar surface area (TPSA) is 51.1 Å². The van der Waals surface area contributed by atoms with Crippen LogP contribution in [0.3, 0.4) is 0 Å². The molecule has 0 aromatic heterocycles. The van der Waals surface area contributed by atoms with E-state index in [-0.39, 0.29) is 11.8 Å². The van der Waals surface area contributed by atoms with E-state index in [2.05, 4.69) is 0 Å². The first-order chi connectivity index (χ1) is 15.0. The van der Waals surface area contributed by atoms with Gasteiger partial charge in [0.05, 0.1) is 18.9 Å². The summed E-state index contributed by atoms with van der Waals surface area (Å²) in [6.07, 6.45) is -0.183. The van der Waals surface area contributed by atoms with Gasteiger partial charge in [0.15, 0.2) is 0 Å². The second-order valence-electron chi connectivity index (χ2n) is 7.76. The van der Waals surface area contributed by atoms with Gasteiger partial charge >= 0.3 is 0 Å². The third kappa shape index (κ3) is 3.55. The number of aryl methyl sites for hydroxylation is 1. The Hall–Kier alpha value is -3.31. The molecule has 2 aliphatic heterocycles. The molecule has 31 heavy (non-hydrogen) atoms. The van der Waals surface area contributed by atoms with Crippen LogP contribution in [0.2, 0.25) is 5.02 Å². The Labute approximate surface area is 185 Å². The highest BCUT2D eigenvalue weighted by atomic mass is 35.5. The van der Waals surface area contributed by atoms with Crippen LogP contribution in [0, 0.1) is 6.92 Å². The molecule has 0 aliphatic carbocycles. The summed E-state index contributed by atoms with van der Waals surface area (Å²) >= 11 is 6.27. The first-order valence-corrected chi connectivity index (χ1v) is 10.5. The van der Waals surface area contributed by atoms with Crippen molar-refractivity contribution in [1.29, 1.82) is 0 Å². The van der Waals surface area contributed by atoms with Gasteiger partial charge < -0.3 is 9.47 Å². The summed E-state index contributed by atoms with van der Waals surface area (Å²) in [6, 6.07) is 20.7. The molecule has 2 aliphatic rings. The number of fused-ring (bicyclic) bond motifs is 3. The molecule has 2 heterocycles. The summed E-state index contributed by atoms with van der Waals surface area (Å²) in [6.45, 7) is 1.99. The molecule has 2 atom stereocenters. The van der Waals surface area contributed by atoms with Crippen LogP contribution in [0.4, 0.5) is 0 Å². The van der Waals surface area contributed by atoms with Crippen LogP contribution < -0.4 is 9.47 Å². The molecule has 0 N–H and O–H groups in total. The zero-order valence-electron chi connectivity index (χ0n) is 17.2. The summed E-state index contributed by atoms with van der Waals surface area (Å²) < 4.78 is 11.4. The molecule has 0 saturated carbocycles. The number of carbonyl (C=O) groups excluding carboxylic acids is 1. The number of Topliss-reactive ketones (excluding diaryl/α,β-unsaturated/α-hetero) is 1. The van der Waals surface area contributed by atoms with Crippen LogP contribution in [-0.2, 0) is 0 Å². The summed E-state index contributed by atoms with van der Waals surface area (Å²) in [4.78, 5) is 13.4. The molecule has 0 bridgehead atoms. The molecule has 156 valence electrons. The quantitative estimate of drug-likeness (QED) is 0.517. The molecule has 0 unspecified atom stereocenters. The lowest BCUT2D eigenvalue weighted by atomic mass is 9.95. The van der Waals surface area contributed by atoms with Crippen LogP contribution in [0.15, 0.2) is 71.8 Å². The number of hydrazone groups is 1. The van der Waals surface area contributed by atoms with Crippen molar-refractivity contribution in [1.82, 2.24) is 5.01 Å². The lowest BCUT2D eigenvalue weighted by Gasteiger charge is -2.37. The lowest BCUT2D eigenvalue weighted by molar-refractivity contribution is -0.00455. The minimum absolute atomic E-state index is 0.120. The minimum Gasteiger partial charge on any atom is -0.497 e. The molecule has 0 saturated heterocycles. The molecule has 0 radical (unpaired) electrons. The van der Waals surface area contributed by atoms with Gasteiger partial charge in [-0.2, -0.15) is 5.10 Å². The van der Waals surface area contributed by atoms with Crippen molar-refractivity contribution in [3.05, 3.63) is 94.0 Å². The number of hydrogen-bond acceptors (Lipinski definition) is 5. The van der Waals surface area contributed by atoms with Crippen LogP contribution >= 0.6 is 11.6 Å². The number of methoxy groups -OCH3 is 1. The average Bonchev–Trinajstić information content (AvgIpc) is 3.24. The van der Waals surface area contributed by atoms with Crippen LogP contribution in [0.5, 0.6) is 11.5 Å². The zero-order valence-corrected chi connectivity index (χ0v) is 18.0. The molecule has 3 aromatic carbocycles. The average molecular weight is 433 g/mol. The smallest absolute Gasteiger partial charge is 0.251 e. The Balaban J connectivity index is 1.55. The molecule has 5 nitrogen and oxygen atoms in total. The molecule has 5 rings (SSSR count).